The molecule has 0 aliphatic carbocycles. The lowest BCUT2D eigenvalue weighted by molar-refractivity contribution is -0.383. The number of anilines is 1. The molecule has 1 aromatic heterocycles. The summed E-state index contributed by atoms with van der Waals surface area (Å²) in [5, 5.41) is 15.2. The second-order valence-electron chi connectivity index (χ2n) is 3.59. The Labute approximate surface area is 113 Å². The second kappa shape index (κ2) is 5.32. The fourth-order valence-electron chi connectivity index (χ4n) is 1.50. The first-order valence-corrected chi connectivity index (χ1v) is 6.35. The maximum atomic E-state index is 10.9. The first-order valence-electron chi connectivity index (χ1n) is 5.16. The molecule has 0 radical (unpaired) electrons. The first-order chi connectivity index (χ1) is 8.58. The molecule has 94 valence electrons. The highest BCUT2D eigenvalue weighted by Gasteiger charge is 2.16. The minimum atomic E-state index is -0.452. The number of hydrogen-bond acceptors (Lipinski definition) is 5. The Bertz CT molecular complexity index is 585. The summed E-state index contributed by atoms with van der Waals surface area (Å²) in [6, 6.07) is 4.60. The van der Waals surface area contributed by atoms with Crippen LogP contribution in [0.4, 0.5) is 11.4 Å². The quantitative estimate of drug-likeness (QED) is 0.687. The minimum Gasteiger partial charge on any atom is -0.373 e. The molecule has 2 aromatic rings. The zero-order chi connectivity index (χ0) is 13.1. The van der Waals surface area contributed by atoms with Crippen LogP contribution in [0.1, 0.15) is 9.88 Å². The van der Waals surface area contributed by atoms with Crippen LogP contribution in [-0.4, -0.2) is 9.91 Å². The van der Waals surface area contributed by atoms with Gasteiger partial charge in [-0.1, -0.05) is 17.7 Å². The van der Waals surface area contributed by atoms with Crippen molar-refractivity contribution in [1.82, 2.24) is 4.98 Å². The SMILES string of the molecule is Cc1ncc(CNc2c(Cl)cccc2[N+](=O)[O-])s1. The van der Waals surface area contributed by atoms with Gasteiger partial charge in [-0.25, -0.2) is 4.98 Å². The van der Waals surface area contributed by atoms with Gasteiger partial charge in [0.1, 0.15) is 5.69 Å². The molecule has 0 amide bonds. The fraction of sp³-hybridized carbons (Fsp3) is 0.182. The maximum Gasteiger partial charge on any atom is 0.293 e. The van der Waals surface area contributed by atoms with Crippen LogP contribution < -0.4 is 5.32 Å². The summed E-state index contributed by atoms with van der Waals surface area (Å²) in [6.07, 6.45) is 1.75. The second-order valence-corrected chi connectivity index (χ2v) is 5.32. The van der Waals surface area contributed by atoms with E-state index in [0.29, 0.717) is 17.3 Å². The zero-order valence-corrected chi connectivity index (χ0v) is 11.1. The van der Waals surface area contributed by atoms with Crippen molar-refractivity contribution in [3.05, 3.63) is 49.4 Å². The van der Waals surface area contributed by atoms with E-state index >= 15 is 0 Å². The molecule has 0 atom stereocenters. The molecule has 1 heterocycles. The molecule has 5 nitrogen and oxygen atoms in total. The van der Waals surface area contributed by atoms with E-state index in [9.17, 15) is 10.1 Å². The van der Waals surface area contributed by atoms with Crippen LogP contribution in [-0.2, 0) is 6.54 Å². The molecule has 2 rings (SSSR count). The Kier molecular flexibility index (Phi) is 3.78. The average Bonchev–Trinajstić information content (AvgIpc) is 2.73. The summed E-state index contributed by atoms with van der Waals surface area (Å²) in [5.74, 6) is 0. The van der Waals surface area contributed by atoms with Crippen LogP contribution in [0.3, 0.4) is 0 Å². The van der Waals surface area contributed by atoms with Gasteiger partial charge in [-0.15, -0.1) is 11.3 Å². The Hall–Kier alpha value is -1.66. The van der Waals surface area contributed by atoms with Crippen LogP contribution in [0.5, 0.6) is 0 Å². The van der Waals surface area contributed by atoms with E-state index in [-0.39, 0.29) is 5.69 Å². The number of aromatic nitrogens is 1. The number of aryl methyl sites for hydroxylation is 1. The molecule has 0 aliphatic rings. The van der Waals surface area contributed by atoms with E-state index < -0.39 is 4.92 Å². The topological polar surface area (TPSA) is 68.1 Å². The highest BCUT2D eigenvalue weighted by molar-refractivity contribution is 7.11. The van der Waals surface area contributed by atoms with Crippen molar-refractivity contribution in [3.63, 3.8) is 0 Å². The van der Waals surface area contributed by atoms with Gasteiger partial charge in [0.15, 0.2) is 0 Å². The van der Waals surface area contributed by atoms with Crippen LogP contribution in [0.25, 0.3) is 0 Å². The van der Waals surface area contributed by atoms with E-state index in [0.717, 1.165) is 9.88 Å². The molecule has 0 bridgehead atoms. The van der Waals surface area contributed by atoms with E-state index in [2.05, 4.69) is 10.3 Å². The number of hydrogen-bond donors (Lipinski definition) is 1. The molecule has 0 saturated carbocycles. The standard InChI is InChI=1S/C11H10ClN3O2S/c1-7-13-5-8(18-7)6-14-11-9(12)3-2-4-10(11)15(16)17/h2-5,14H,6H2,1H3. The predicted octanol–water partition coefficient (Wildman–Crippen LogP) is 3.63. The van der Waals surface area contributed by atoms with Crippen LogP contribution in [0.15, 0.2) is 24.4 Å². The predicted molar refractivity (Wildman–Crippen MR) is 72.3 cm³/mol. The lowest BCUT2D eigenvalue weighted by Crippen LogP contribution is -2.02. The van der Waals surface area contributed by atoms with Crippen molar-refractivity contribution in [2.45, 2.75) is 13.5 Å². The third-order valence-electron chi connectivity index (χ3n) is 2.30. The van der Waals surface area contributed by atoms with Gasteiger partial charge < -0.3 is 5.32 Å². The lowest BCUT2D eigenvalue weighted by atomic mass is 10.2. The summed E-state index contributed by atoms with van der Waals surface area (Å²) in [6.45, 7) is 2.38. The van der Waals surface area contributed by atoms with Crippen LogP contribution in [0.2, 0.25) is 5.02 Å². The smallest absolute Gasteiger partial charge is 0.293 e. The number of para-hydroxylation sites is 1. The molecule has 0 aliphatic heterocycles. The van der Waals surface area contributed by atoms with Gasteiger partial charge >= 0.3 is 0 Å². The lowest BCUT2D eigenvalue weighted by Gasteiger charge is -2.07. The van der Waals surface area contributed by atoms with Crippen molar-refractivity contribution in [2.75, 3.05) is 5.32 Å². The average molecular weight is 284 g/mol. The third kappa shape index (κ3) is 2.77. The Morgan fingerprint density at radius 3 is 2.94 bits per heavy atom. The molecular weight excluding hydrogens is 274 g/mol. The fourth-order valence-corrected chi connectivity index (χ4v) is 2.47. The Morgan fingerprint density at radius 1 is 1.56 bits per heavy atom. The largest absolute Gasteiger partial charge is 0.373 e. The summed E-state index contributed by atoms with van der Waals surface area (Å²) < 4.78 is 0. The number of nitro benzene ring substituents is 1. The highest BCUT2D eigenvalue weighted by atomic mass is 35.5. The van der Waals surface area contributed by atoms with Crippen LogP contribution >= 0.6 is 22.9 Å². The number of nitro groups is 1. The number of rotatable bonds is 4. The highest BCUT2D eigenvalue weighted by Crippen LogP contribution is 2.32. The molecule has 0 saturated heterocycles. The monoisotopic (exact) mass is 283 g/mol. The first kappa shape index (κ1) is 12.8. The number of thiazole rings is 1. The normalized spacial score (nSPS) is 10.3. The van der Waals surface area contributed by atoms with Gasteiger partial charge in [-0.2, -0.15) is 0 Å². The van der Waals surface area contributed by atoms with Gasteiger partial charge in [0.25, 0.3) is 5.69 Å². The Balaban J connectivity index is 2.20. The number of benzene rings is 1. The van der Waals surface area contributed by atoms with E-state index in [1.807, 2.05) is 6.92 Å². The number of nitrogens with one attached hydrogen (secondary N) is 1. The summed E-state index contributed by atoms with van der Waals surface area (Å²) in [5.41, 5.74) is 0.318. The Morgan fingerprint density at radius 2 is 2.33 bits per heavy atom. The zero-order valence-electron chi connectivity index (χ0n) is 9.51. The summed E-state index contributed by atoms with van der Waals surface area (Å²) >= 11 is 7.51. The van der Waals surface area contributed by atoms with Crippen molar-refractivity contribution >= 4 is 34.3 Å². The minimum absolute atomic E-state index is 0.0243. The van der Waals surface area contributed by atoms with Gasteiger partial charge in [-0.05, 0) is 13.0 Å². The van der Waals surface area contributed by atoms with Crippen molar-refractivity contribution < 1.29 is 4.92 Å². The van der Waals surface area contributed by atoms with Crippen molar-refractivity contribution in [3.8, 4) is 0 Å². The van der Waals surface area contributed by atoms with Crippen LogP contribution in [0, 0.1) is 17.0 Å². The van der Waals surface area contributed by atoms with E-state index in [1.165, 1.54) is 6.07 Å². The maximum absolute atomic E-state index is 10.9. The van der Waals surface area contributed by atoms with Gasteiger partial charge in [-0.3, -0.25) is 10.1 Å². The number of halogens is 1. The van der Waals surface area contributed by atoms with E-state index in [1.54, 1.807) is 29.7 Å². The third-order valence-corrected chi connectivity index (χ3v) is 3.52. The van der Waals surface area contributed by atoms with Crippen molar-refractivity contribution in [1.29, 1.82) is 0 Å². The molecule has 1 aromatic carbocycles. The number of nitrogens with zero attached hydrogens (tertiary/aromatic N) is 2. The molecule has 0 spiro atoms. The molecular formula is C11H10ClN3O2S. The molecule has 0 fully saturated rings. The molecule has 1 N–H and O–H groups in total. The molecule has 18 heavy (non-hydrogen) atoms. The van der Waals surface area contributed by atoms with E-state index in [4.69, 9.17) is 11.6 Å². The van der Waals surface area contributed by atoms with Gasteiger partial charge in [0, 0.05) is 17.1 Å². The van der Waals surface area contributed by atoms with Gasteiger partial charge in [0.05, 0.1) is 21.5 Å². The van der Waals surface area contributed by atoms with Gasteiger partial charge in [0.2, 0.25) is 0 Å². The molecule has 0 unspecified atom stereocenters. The molecule has 7 heteroatoms. The van der Waals surface area contributed by atoms with Crippen molar-refractivity contribution in [2.24, 2.45) is 0 Å². The summed E-state index contributed by atoms with van der Waals surface area (Å²) in [4.78, 5) is 15.6. The summed E-state index contributed by atoms with van der Waals surface area (Å²) in [7, 11) is 0.